The SMILES string of the molecule is CCC(C)(C)C(=O)C(C)B(O)O. The van der Waals surface area contributed by atoms with Crippen molar-refractivity contribution < 1.29 is 14.8 Å². The molecule has 0 radical (unpaired) electrons. The first-order chi connectivity index (χ1) is 5.33. The fraction of sp³-hybridized carbons (Fsp3) is 0.875. The molecular formula is C8H17BO3. The Hall–Kier alpha value is -0.345. The van der Waals surface area contributed by atoms with E-state index in [1.54, 1.807) is 0 Å². The molecule has 0 aliphatic heterocycles. The van der Waals surface area contributed by atoms with Crippen LogP contribution < -0.4 is 0 Å². The first kappa shape index (κ1) is 11.7. The van der Waals surface area contributed by atoms with Gasteiger partial charge in [-0.05, 0) is 6.42 Å². The van der Waals surface area contributed by atoms with Gasteiger partial charge >= 0.3 is 7.12 Å². The highest BCUT2D eigenvalue weighted by molar-refractivity contribution is 6.49. The zero-order valence-corrected chi connectivity index (χ0v) is 8.16. The van der Waals surface area contributed by atoms with Crippen molar-refractivity contribution in [1.82, 2.24) is 0 Å². The van der Waals surface area contributed by atoms with Crippen molar-refractivity contribution in [3.8, 4) is 0 Å². The molecule has 0 saturated heterocycles. The second kappa shape index (κ2) is 4.05. The normalized spacial score (nSPS) is 14.2. The average Bonchev–Trinajstić information content (AvgIpc) is 2.01. The summed E-state index contributed by atoms with van der Waals surface area (Å²) in [5, 5.41) is 17.6. The van der Waals surface area contributed by atoms with Crippen LogP contribution in [0.3, 0.4) is 0 Å². The summed E-state index contributed by atoms with van der Waals surface area (Å²) in [5.41, 5.74) is -0.455. The molecule has 0 amide bonds. The van der Waals surface area contributed by atoms with Crippen molar-refractivity contribution in [1.29, 1.82) is 0 Å². The number of hydrogen-bond acceptors (Lipinski definition) is 3. The Morgan fingerprint density at radius 2 is 1.92 bits per heavy atom. The van der Waals surface area contributed by atoms with Crippen LogP contribution in [0.4, 0.5) is 0 Å². The van der Waals surface area contributed by atoms with Crippen molar-refractivity contribution in [2.24, 2.45) is 5.41 Å². The molecule has 0 aliphatic carbocycles. The van der Waals surface area contributed by atoms with Crippen LogP contribution in [0.1, 0.15) is 34.1 Å². The van der Waals surface area contributed by atoms with Gasteiger partial charge in [-0.3, -0.25) is 4.79 Å². The predicted molar refractivity (Wildman–Crippen MR) is 48.7 cm³/mol. The monoisotopic (exact) mass is 172 g/mol. The second-order valence-electron chi connectivity index (χ2n) is 3.80. The fourth-order valence-corrected chi connectivity index (χ4v) is 0.926. The predicted octanol–water partition coefficient (Wildman–Crippen LogP) is 0.855. The zero-order chi connectivity index (χ0) is 9.94. The van der Waals surface area contributed by atoms with Crippen LogP contribution in [0, 0.1) is 5.41 Å². The molecule has 70 valence electrons. The van der Waals surface area contributed by atoms with Gasteiger partial charge in [0.15, 0.2) is 0 Å². The van der Waals surface area contributed by atoms with E-state index in [0.29, 0.717) is 6.42 Å². The highest BCUT2D eigenvalue weighted by Crippen LogP contribution is 2.27. The zero-order valence-electron chi connectivity index (χ0n) is 8.16. The molecule has 0 aliphatic rings. The van der Waals surface area contributed by atoms with E-state index in [9.17, 15) is 4.79 Å². The first-order valence-corrected chi connectivity index (χ1v) is 4.23. The maximum Gasteiger partial charge on any atom is 0.462 e. The van der Waals surface area contributed by atoms with E-state index >= 15 is 0 Å². The Balaban J connectivity index is 4.39. The molecule has 1 atom stereocenters. The Kier molecular flexibility index (Phi) is 3.94. The van der Waals surface area contributed by atoms with Crippen molar-refractivity contribution in [2.75, 3.05) is 0 Å². The third kappa shape index (κ3) is 2.61. The average molecular weight is 172 g/mol. The Bertz CT molecular complexity index is 166. The number of carbonyl (C=O) groups is 1. The van der Waals surface area contributed by atoms with E-state index in [1.165, 1.54) is 6.92 Å². The smallest absolute Gasteiger partial charge is 0.427 e. The summed E-state index contributed by atoms with van der Waals surface area (Å²) < 4.78 is 0. The van der Waals surface area contributed by atoms with Gasteiger partial charge in [0.05, 0.1) is 5.82 Å². The molecule has 1 unspecified atom stereocenters. The minimum Gasteiger partial charge on any atom is -0.427 e. The number of Topliss-reactive ketones (excluding diaryl/α,β-unsaturated/α-hetero) is 1. The van der Waals surface area contributed by atoms with Crippen molar-refractivity contribution >= 4 is 12.9 Å². The summed E-state index contributed by atoms with van der Waals surface area (Å²) in [6, 6.07) is 0. The maximum atomic E-state index is 11.5. The molecule has 0 spiro atoms. The minimum absolute atomic E-state index is 0.0972. The summed E-state index contributed by atoms with van der Waals surface area (Å²) in [7, 11) is -1.54. The standard InChI is InChI=1S/C8H17BO3/c1-5-8(3,4)7(10)6(2)9(11)12/h6,11-12H,5H2,1-4H3. The van der Waals surface area contributed by atoms with E-state index in [2.05, 4.69) is 0 Å². The molecule has 0 aromatic rings. The molecule has 0 rings (SSSR count). The topological polar surface area (TPSA) is 57.5 Å². The quantitative estimate of drug-likeness (QED) is 0.618. The summed E-state index contributed by atoms with van der Waals surface area (Å²) in [6.07, 6.45) is 0.711. The summed E-state index contributed by atoms with van der Waals surface area (Å²) >= 11 is 0. The van der Waals surface area contributed by atoms with E-state index in [4.69, 9.17) is 10.0 Å². The summed E-state index contributed by atoms with van der Waals surface area (Å²) in [6.45, 7) is 7.07. The van der Waals surface area contributed by atoms with Gasteiger partial charge < -0.3 is 10.0 Å². The summed E-state index contributed by atoms with van der Waals surface area (Å²) in [5.74, 6) is -0.792. The molecule has 4 heteroatoms. The van der Waals surface area contributed by atoms with Crippen molar-refractivity contribution in [2.45, 2.75) is 39.9 Å². The number of rotatable bonds is 4. The molecule has 0 aromatic carbocycles. The van der Waals surface area contributed by atoms with Crippen molar-refractivity contribution in [3.05, 3.63) is 0 Å². The number of hydrogen-bond donors (Lipinski definition) is 2. The van der Waals surface area contributed by atoms with Gasteiger partial charge in [0.2, 0.25) is 0 Å². The van der Waals surface area contributed by atoms with E-state index < -0.39 is 18.4 Å². The molecule has 0 aromatic heterocycles. The molecule has 0 bridgehead atoms. The van der Waals surface area contributed by atoms with Gasteiger partial charge in [-0.2, -0.15) is 0 Å². The fourth-order valence-electron chi connectivity index (χ4n) is 0.926. The van der Waals surface area contributed by atoms with Crippen LogP contribution in [0.2, 0.25) is 5.82 Å². The third-order valence-electron chi connectivity index (χ3n) is 2.41. The van der Waals surface area contributed by atoms with Crippen LogP contribution in [-0.2, 0) is 4.79 Å². The van der Waals surface area contributed by atoms with Crippen LogP contribution in [0.5, 0.6) is 0 Å². The number of carbonyl (C=O) groups excluding carboxylic acids is 1. The van der Waals surface area contributed by atoms with E-state index in [1.807, 2.05) is 20.8 Å². The van der Waals surface area contributed by atoms with Gasteiger partial charge in [0.25, 0.3) is 0 Å². The van der Waals surface area contributed by atoms with Gasteiger partial charge in [-0.25, -0.2) is 0 Å². The second-order valence-corrected chi connectivity index (χ2v) is 3.80. The maximum absolute atomic E-state index is 11.5. The lowest BCUT2D eigenvalue weighted by atomic mass is 9.65. The Morgan fingerprint density at radius 1 is 1.50 bits per heavy atom. The third-order valence-corrected chi connectivity index (χ3v) is 2.41. The minimum atomic E-state index is -1.54. The summed E-state index contributed by atoms with van der Waals surface area (Å²) in [4.78, 5) is 11.5. The van der Waals surface area contributed by atoms with Crippen LogP contribution in [0.25, 0.3) is 0 Å². The molecule has 2 N–H and O–H groups in total. The highest BCUT2D eigenvalue weighted by atomic mass is 16.4. The van der Waals surface area contributed by atoms with Gasteiger partial charge in [-0.1, -0.05) is 27.7 Å². The van der Waals surface area contributed by atoms with Gasteiger partial charge in [0, 0.05) is 5.41 Å². The van der Waals surface area contributed by atoms with Gasteiger partial charge in [-0.15, -0.1) is 0 Å². The van der Waals surface area contributed by atoms with Gasteiger partial charge in [0.1, 0.15) is 5.78 Å². The molecule has 12 heavy (non-hydrogen) atoms. The Morgan fingerprint density at radius 3 is 2.17 bits per heavy atom. The van der Waals surface area contributed by atoms with Crippen LogP contribution in [-0.4, -0.2) is 22.9 Å². The lowest BCUT2D eigenvalue weighted by Gasteiger charge is -2.24. The molecule has 0 saturated carbocycles. The Labute approximate surface area is 73.9 Å². The first-order valence-electron chi connectivity index (χ1n) is 4.23. The molecule has 0 fully saturated rings. The van der Waals surface area contributed by atoms with E-state index in [-0.39, 0.29) is 5.78 Å². The van der Waals surface area contributed by atoms with Crippen LogP contribution in [0.15, 0.2) is 0 Å². The molecule has 0 heterocycles. The lowest BCUT2D eigenvalue weighted by molar-refractivity contribution is -0.127. The number of ketones is 1. The molecule has 3 nitrogen and oxygen atoms in total. The van der Waals surface area contributed by atoms with E-state index in [0.717, 1.165) is 0 Å². The molecular weight excluding hydrogens is 155 g/mol. The largest absolute Gasteiger partial charge is 0.462 e. The lowest BCUT2D eigenvalue weighted by Crippen LogP contribution is -2.34. The highest BCUT2D eigenvalue weighted by Gasteiger charge is 2.35. The van der Waals surface area contributed by atoms with Crippen LogP contribution >= 0.6 is 0 Å². The van der Waals surface area contributed by atoms with Crippen molar-refractivity contribution in [3.63, 3.8) is 0 Å².